The van der Waals surface area contributed by atoms with E-state index in [1.807, 2.05) is 0 Å². The quantitative estimate of drug-likeness (QED) is 0.205. The number of hydrogen-bond acceptors (Lipinski definition) is 8. The standard InChI is InChI=1S/C22H30O9/c1-12(9-18(26)27)10-19(28)31-8-6-16-21(30)20(29)14-11-13(24)3-4-15(14)22(16,2)17(25)5-7-23/h7,9,13-16,20,24,29H,3-6,8,10-11H2,1-2H3,(H,26,27). The maximum atomic E-state index is 13.0. The van der Waals surface area contributed by atoms with Gasteiger partial charge in [0.2, 0.25) is 0 Å². The molecule has 0 amide bonds. The van der Waals surface area contributed by atoms with Gasteiger partial charge in [-0.25, -0.2) is 4.79 Å². The number of carboxylic acid groups (broad SMARTS) is 1. The molecular formula is C22H30O9. The minimum Gasteiger partial charge on any atom is -0.478 e. The molecule has 2 fully saturated rings. The summed E-state index contributed by atoms with van der Waals surface area (Å²) >= 11 is 0. The Morgan fingerprint density at radius 1 is 1.23 bits per heavy atom. The van der Waals surface area contributed by atoms with Gasteiger partial charge in [-0.15, -0.1) is 0 Å². The van der Waals surface area contributed by atoms with E-state index >= 15 is 0 Å². The number of aldehydes is 1. The van der Waals surface area contributed by atoms with Crippen LogP contribution in [-0.4, -0.2) is 63.9 Å². The van der Waals surface area contributed by atoms with Crippen LogP contribution in [0, 0.1) is 23.2 Å². The maximum absolute atomic E-state index is 13.0. The summed E-state index contributed by atoms with van der Waals surface area (Å²) in [4.78, 5) is 59.6. The molecule has 9 nitrogen and oxygen atoms in total. The van der Waals surface area contributed by atoms with E-state index in [1.165, 1.54) is 6.92 Å². The van der Waals surface area contributed by atoms with Gasteiger partial charge in [0.25, 0.3) is 0 Å². The number of carbonyl (C=O) groups is 5. The van der Waals surface area contributed by atoms with Gasteiger partial charge in [-0.1, -0.05) is 12.5 Å². The molecule has 0 aliphatic heterocycles. The largest absolute Gasteiger partial charge is 0.478 e. The molecule has 6 unspecified atom stereocenters. The van der Waals surface area contributed by atoms with E-state index in [0.29, 0.717) is 24.7 Å². The topological polar surface area (TPSA) is 155 Å². The number of carboxylic acids is 1. The summed E-state index contributed by atoms with van der Waals surface area (Å²) in [6.45, 7) is 2.92. The number of carbonyl (C=O) groups excluding carboxylic acids is 4. The van der Waals surface area contributed by atoms with Gasteiger partial charge in [0.1, 0.15) is 18.2 Å². The van der Waals surface area contributed by atoms with Crippen molar-refractivity contribution < 1.29 is 44.0 Å². The van der Waals surface area contributed by atoms with Crippen molar-refractivity contribution in [2.45, 2.75) is 64.6 Å². The predicted octanol–water partition coefficient (Wildman–Crippen LogP) is 0.842. The van der Waals surface area contributed by atoms with Crippen molar-refractivity contribution in [1.82, 2.24) is 0 Å². The Balaban J connectivity index is 2.18. The van der Waals surface area contributed by atoms with Gasteiger partial charge >= 0.3 is 11.9 Å². The molecule has 2 aliphatic rings. The molecule has 0 bridgehead atoms. The van der Waals surface area contributed by atoms with Crippen LogP contribution in [0.25, 0.3) is 0 Å². The average Bonchev–Trinajstić information content (AvgIpc) is 2.68. The SMILES string of the molecule is CC(=CC(=O)O)CC(=O)OCCC1C(=O)C(O)C2CC(O)CCC2C1(C)C(=O)CC=O. The summed E-state index contributed by atoms with van der Waals surface area (Å²) < 4.78 is 5.14. The second-order valence-corrected chi connectivity index (χ2v) is 8.73. The lowest BCUT2D eigenvalue weighted by molar-refractivity contribution is -0.172. The summed E-state index contributed by atoms with van der Waals surface area (Å²) in [6, 6.07) is 0. The van der Waals surface area contributed by atoms with Crippen LogP contribution in [0.4, 0.5) is 0 Å². The van der Waals surface area contributed by atoms with Gasteiger partial charge in [-0.2, -0.15) is 0 Å². The first-order valence-corrected chi connectivity index (χ1v) is 10.4. The molecule has 31 heavy (non-hydrogen) atoms. The van der Waals surface area contributed by atoms with Crippen molar-refractivity contribution in [3.05, 3.63) is 11.6 Å². The van der Waals surface area contributed by atoms with E-state index in [2.05, 4.69) is 0 Å². The van der Waals surface area contributed by atoms with Gasteiger partial charge in [-0.3, -0.25) is 14.4 Å². The Hall–Kier alpha value is -2.39. The number of ketones is 2. The second-order valence-electron chi connectivity index (χ2n) is 8.73. The minimum absolute atomic E-state index is 0.00377. The Morgan fingerprint density at radius 2 is 1.90 bits per heavy atom. The fraction of sp³-hybridized carbons (Fsp3) is 0.682. The zero-order valence-electron chi connectivity index (χ0n) is 17.8. The molecule has 2 saturated carbocycles. The van der Waals surface area contributed by atoms with Crippen LogP contribution in [0.2, 0.25) is 0 Å². The van der Waals surface area contributed by atoms with Crippen LogP contribution >= 0.6 is 0 Å². The highest BCUT2D eigenvalue weighted by atomic mass is 16.5. The summed E-state index contributed by atoms with van der Waals surface area (Å²) in [7, 11) is 0. The third kappa shape index (κ3) is 5.46. The molecule has 0 spiro atoms. The Kier molecular flexibility index (Phi) is 8.25. The lowest BCUT2D eigenvalue weighted by Gasteiger charge is -2.53. The summed E-state index contributed by atoms with van der Waals surface area (Å²) in [6.07, 6.45) is -0.116. The number of rotatable bonds is 9. The highest BCUT2D eigenvalue weighted by Crippen LogP contribution is 2.54. The van der Waals surface area contributed by atoms with E-state index in [1.54, 1.807) is 6.92 Å². The Labute approximate surface area is 180 Å². The van der Waals surface area contributed by atoms with Crippen LogP contribution in [-0.2, 0) is 28.7 Å². The number of ether oxygens (including phenoxy) is 1. The number of aliphatic hydroxyl groups is 2. The van der Waals surface area contributed by atoms with Gasteiger partial charge < -0.3 is 24.9 Å². The van der Waals surface area contributed by atoms with Crippen LogP contribution in [0.5, 0.6) is 0 Å². The normalized spacial score (nSPS) is 33.4. The van der Waals surface area contributed by atoms with Crippen LogP contribution in [0.15, 0.2) is 11.6 Å². The monoisotopic (exact) mass is 438 g/mol. The fourth-order valence-electron chi connectivity index (χ4n) is 5.22. The highest BCUT2D eigenvalue weighted by molar-refractivity contribution is 6.00. The van der Waals surface area contributed by atoms with E-state index < -0.39 is 53.0 Å². The van der Waals surface area contributed by atoms with Crippen molar-refractivity contribution in [2.24, 2.45) is 23.2 Å². The summed E-state index contributed by atoms with van der Waals surface area (Å²) in [5, 5.41) is 29.3. The molecule has 2 aliphatic carbocycles. The smallest absolute Gasteiger partial charge is 0.328 e. The number of fused-ring (bicyclic) bond motifs is 1. The zero-order chi connectivity index (χ0) is 23.3. The molecule has 2 rings (SSSR count). The summed E-state index contributed by atoms with van der Waals surface area (Å²) in [5.41, 5.74) is -0.913. The van der Waals surface area contributed by atoms with Crippen molar-refractivity contribution >= 4 is 29.8 Å². The molecule has 0 aromatic rings. The van der Waals surface area contributed by atoms with E-state index in [0.717, 1.165) is 6.08 Å². The molecule has 0 aromatic heterocycles. The molecule has 0 saturated heterocycles. The van der Waals surface area contributed by atoms with Gasteiger partial charge in [-0.05, 0) is 44.4 Å². The molecule has 9 heteroatoms. The average molecular weight is 438 g/mol. The molecule has 0 heterocycles. The van der Waals surface area contributed by atoms with E-state index in [4.69, 9.17) is 9.84 Å². The fourth-order valence-corrected chi connectivity index (χ4v) is 5.22. The molecule has 3 N–H and O–H groups in total. The number of esters is 1. The molecule has 172 valence electrons. The minimum atomic E-state index is -1.33. The first kappa shape index (κ1) is 24.9. The first-order valence-electron chi connectivity index (χ1n) is 10.4. The van der Waals surface area contributed by atoms with Gasteiger partial charge in [0.15, 0.2) is 5.78 Å². The van der Waals surface area contributed by atoms with Crippen molar-refractivity contribution in [2.75, 3.05) is 6.61 Å². The molecule has 0 aromatic carbocycles. The lowest BCUT2D eigenvalue weighted by Crippen LogP contribution is -2.60. The van der Waals surface area contributed by atoms with Crippen molar-refractivity contribution in [3.63, 3.8) is 0 Å². The zero-order valence-corrected chi connectivity index (χ0v) is 17.8. The highest BCUT2D eigenvalue weighted by Gasteiger charge is 2.59. The Bertz CT molecular complexity index is 771. The Morgan fingerprint density at radius 3 is 2.52 bits per heavy atom. The van der Waals surface area contributed by atoms with Crippen LogP contribution < -0.4 is 0 Å². The summed E-state index contributed by atoms with van der Waals surface area (Å²) in [5.74, 6) is -4.67. The van der Waals surface area contributed by atoms with E-state index in [9.17, 15) is 34.2 Å². The van der Waals surface area contributed by atoms with Crippen LogP contribution in [0.3, 0.4) is 0 Å². The van der Waals surface area contributed by atoms with Crippen LogP contribution in [0.1, 0.15) is 52.4 Å². The number of Topliss-reactive ketones (excluding diaryl/α,β-unsaturated/α-hetero) is 2. The maximum Gasteiger partial charge on any atom is 0.328 e. The van der Waals surface area contributed by atoms with Gasteiger partial charge in [0, 0.05) is 17.4 Å². The second kappa shape index (κ2) is 10.3. The first-order chi connectivity index (χ1) is 14.5. The van der Waals surface area contributed by atoms with E-state index in [-0.39, 0.29) is 38.2 Å². The van der Waals surface area contributed by atoms with Crippen molar-refractivity contribution in [3.8, 4) is 0 Å². The van der Waals surface area contributed by atoms with Gasteiger partial charge in [0.05, 0.1) is 25.6 Å². The molecule has 6 atom stereocenters. The number of aliphatic carboxylic acids is 1. The lowest BCUT2D eigenvalue weighted by atomic mass is 9.50. The predicted molar refractivity (Wildman–Crippen MR) is 107 cm³/mol. The third-order valence-electron chi connectivity index (χ3n) is 6.74. The molecule has 0 radical (unpaired) electrons. The third-order valence-corrected chi connectivity index (χ3v) is 6.74. The number of hydrogen-bond donors (Lipinski definition) is 3. The molecular weight excluding hydrogens is 408 g/mol. The number of aliphatic hydroxyl groups excluding tert-OH is 2. The van der Waals surface area contributed by atoms with Crippen molar-refractivity contribution in [1.29, 1.82) is 0 Å².